The zero-order chi connectivity index (χ0) is 15.1. The molecule has 0 amide bonds. The molecule has 1 nitrogen and oxygen atoms in total. The zero-order valence-corrected chi connectivity index (χ0v) is 14.7. The minimum atomic E-state index is 0.590. The molecule has 126 valence electrons. The lowest BCUT2D eigenvalue weighted by molar-refractivity contribution is -0.0979. The molecule has 0 N–H and O–H groups in total. The van der Waals surface area contributed by atoms with Crippen molar-refractivity contribution >= 4 is 0 Å². The van der Waals surface area contributed by atoms with Crippen molar-refractivity contribution in [2.75, 3.05) is 6.61 Å². The van der Waals surface area contributed by atoms with Gasteiger partial charge in [0.1, 0.15) is 0 Å². The maximum absolute atomic E-state index is 6.36. The van der Waals surface area contributed by atoms with Crippen LogP contribution in [0.25, 0.3) is 0 Å². The van der Waals surface area contributed by atoms with Crippen LogP contribution in [0, 0.1) is 47.3 Å². The van der Waals surface area contributed by atoms with Crippen molar-refractivity contribution < 1.29 is 4.74 Å². The second kappa shape index (κ2) is 4.87. The van der Waals surface area contributed by atoms with Crippen LogP contribution in [0.5, 0.6) is 0 Å². The van der Waals surface area contributed by atoms with E-state index in [1.165, 1.54) is 25.7 Å². The lowest BCUT2D eigenvalue weighted by atomic mass is 9.47. The fraction of sp³-hybridized carbons (Fsp3) is 0.909. The fourth-order valence-corrected chi connectivity index (χ4v) is 8.69. The smallest absolute Gasteiger partial charge is 0.0668 e. The molecule has 1 heteroatoms. The van der Waals surface area contributed by atoms with E-state index >= 15 is 0 Å². The average Bonchev–Trinajstić information content (AvgIpc) is 2.51. The number of ether oxygens (including phenoxy) is 1. The normalized spacial score (nSPS) is 56.0. The molecule has 0 saturated heterocycles. The van der Waals surface area contributed by atoms with E-state index in [9.17, 15) is 0 Å². The summed E-state index contributed by atoms with van der Waals surface area (Å²) in [5.41, 5.74) is 4.04. The van der Waals surface area contributed by atoms with Crippen molar-refractivity contribution in [1.29, 1.82) is 0 Å². The molecule has 0 aliphatic heterocycles. The van der Waals surface area contributed by atoms with Crippen LogP contribution < -0.4 is 0 Å². The lowest BCUT2D eigenvalue weighted by Crippen LogP contribution is -2.53. The van der Waals surface area contributed by atoms with Crippen molar-refractivity contribution in [3.63, 3.8) is 0 Å². The minimum Gasteiger partial charge on any atom is -0.378 e. The highest BCUT2D eigenvalue weighted by Gasteiger charge is 2.55. The Labute approximate surface area is 141 Å². The first-order valence-electron chi connectivity index (χ1n) is 10.7. The number of rotatable bonds is 2. The third-order valence-electron chi connectivity index (χ3n) is 8.84. The predicted molar refractivity (Wildman–Crippen MR) is 91.9 cm³/mol. The van der Waals surface area contributed by atoms with Crippen molar-refractivity contribution in [2.24, 2.45) is 47.3 Å². The summed E-state index contributed by atoms with van der Waals surface area (Å²) in [5.74, 6) is 7.95. The molecule has 0 aromatic heterocycles. The van der Waals surface area contributed by atoms with Gasteiger partial charge in [0, 0.05) is 12.5 Å². The van der Waals surface area contributed by atoms with Crippen LogP contribution in [-0.4, -0.2) is 12.7 Å². The first-order valence-corrected chi connectivity index (χ1v) is 10.7. The molecular formula is C22H32O. The Balaban J connectivity index is 1.43. The van der Waals surface area contributed by atoms with Gasteiger partial charge in [-0.25, -0.2) is 0 Å². The zero-order valence-electron chi connectivity index (χ0n) is 14.7. The summed E-state index contributed by atoms with van der Waals surface area (Å²) in [6.45, 7) is 3.13. The average molecular weight is 312 g/mol. The molecule has 8 saturated carbocycles. The maximum Gasteiger partial charge on any atom is 0.0668 e. The molecule has 0 aromatic rings. The summed E-state index contributed by atoms with van der Waals surface area (Å²) in [7, 11) is 0. The molecule has 0 heterocycles. The van der Waals surface area contributed by atoms with Gasteiger partial charge in [-0.3, -0.25) is 0 Å². The van der Waals surface area contributed by atoms with Crippen LogP contribution in [-0.2, 0) is 4.74 Å². The first-order chi connectivity index (χ1) is 11.3. The van der Waals surface area contributed by atoms with Crippen LogP contribution >= 0.6 is 0 Å². The molecule has 0 unspecified atom stereocenters. The standard InChI is InChI=1S/C22H32O/c1-2-23-22-18-9-14-8-17(11-18)21(19(22)10-14)20-15-4-12-3-13(6-15)7-16(20)5-12/h12-19,22H,2-11H2,1H3/t12?,13?,14-,15?,16?,17+,18-,19+,22-/m0/s1. The van der Waals surface area contributed by atoms with E-state index in [1.807, 2.05) is 11.1 Å². The van der Waals surface area contributed by atoms with Gasteiger partial charge in [0.2, 0.25) is 0 Å². The molecule has 0 spiro atoms. The van der Waals surface area contributed by atoms with Crippen molar-refractivity contribution in [3.05, 3.63) is 11.1 Å². The summed E-state index contributed by atoms with van der Waals surface area (Å²) >= 11 is 0. The van der Waals surface area contributed by atoms with Gasteiger partial charge in [-0.2, -0.15) is 0 Å². The molecule has 8 aliphatic rings. The van der Waals surface area contributed by atoms with Gasteiger partial charge in [0.25, 0.3) is 0 Å². The van der Waals surface area contributed by atoms with E-state index in [1.54, 1.807) is 32.1 Å². The molecule has 0 aromatic carbocycles. The van der Waals surface area contributed by atoms with Crippen molar-refractivity contribution in [2.45, 2.75) is 70.8 Å². The molecule has 8 fully saturated rings. The summed E-state index contributed by atoms with van der Waals surface area (Å²) in [5, 5.41) is 0. The Bertz CT molecular complexity index is 516. The van der Waals surface area contributed by atoms with E-state index < -0.39 is 0 Å². The van der Waals surface area contributed by atoms with Gasteiger partial charge in [-0.15, -0.1) is 0 Å². The van der Waals surface area contributed by atoms with E-state index in [0.29, 0.717) is 6.10 Å². The van der Waals surface area contributed by atoms with Crippen molar-refractivity contribution in [1.82, 2.24) is 0 Å². The Morgan fingerprint density at radius 2 is 1.30 bits per heavy atom. The molecule has 5 atom stereocenters. The Hall–Kier alpha value is -0.300. The molecular weight excluding hydrogens is 280 g/mol. The highest BCUT2D eigenvalue weighted by Crippen LogP contribution is 2.63. The number of allylic oxidation sites excluding steroid dienone is 1. The van der Waals surface area contributed by atoms with Gasteiger partial charge in [-0.05, 0) is 106 Å². The molecule has 8 rings (SSSR count). The van der Waals surface area contributed by atoms with Crippen LogP contribution in [0.15, 0.2) is 11.1 Å². The second-order valence-corrected chi connectivity index (χ2v) is 10.0. The number of hydrogen-bond donors (Lipinski definition) is 0. The molecule has 0 radical (unpaired) electrons. The summed E-state index contributed by atoms with van der Waals surface area (Å²) in [4.78, 5) is 0. The van der Waals surface area contributed by atoms with Crippen molar-refractivity contribution in [3.8, 4) is 0 Å². The van der Waals surface area contributed by atoms with Gasteiger partial charge in [0.15, 0.2) is 0 Å². The third-order valence-corrected chi connectivity index (χ3v) is 8.84. The largest absolute Gasteiger partial charge is 0.378 e. The SMILES string of the molecule is CCO[C@H]1[C@H]2C[C@@H]3C[C@H](C2)C(=C2C4CC5CC(C4)CC2C5)[C@H]1C3. The summed E-state index contributed by atoms with van der Waals surface area (Å²) in [6, 6.07) is 0. The lowest BCUT2D eigenvalue weighted by Gasteiger charge is -2.59. The quantitative estimate of drug-likeness (QED) is 0.636. The minimum absolute atomic E-state index is 0.590. The fourth-order valence-electron chi connectivity index (χ4n) is 8.69. The van der Waals surface area contributed by atoms with E-state index in [-0.39, 0.29) is 0 Å². The monoisotopic (exact) mass is 312 g/mol. The Morgan fingerprint density at radius 1 is 0.696 bits per heavy atom. The topological polar surface area (TPSA) is 9.23 Å². The third kappa shape index (κ3) is 1.89. The molecule has 8 bridgehead atoms. The Kier molecular flexibility index (Phi) is 2.95. The Morgan fingerprint density at radius 3 is 1.96 bits per heavy atom. The highest BCUT2D eigenvalue weighted by atomic mass is 16.5. The van der Waals surface area contributed by atoms with Gasteiger partial charge < -0.3 is 4.74 Å². The predicted octanol–water partition coefficient (Wildman–Crippen LogP) is 5.21. The number of hydrogen-bond acceptors (Lipinski definition) is 1. The summed E-state index contributed by atoms with van der Waals surface area (Å²) < 4.78 is 6.36. The van der Waals surface area contributed by atoms with E-state index in [2.05, 4.69) is 6.92 Å². The second-order valence-electron chi connectivity index (χ2n) is 10.0. The van der Waals surface area contributed by atoms with E-state index in [0.717, 1.165) is 54.0 Å². The maximum atomic E-state index is 6.36. The van der Waals surface area contributed by atoms with E-state index in [4.69, 9.17) is 4.74 Å². The summed E-state index contributed by atoms with van der Waals surface area (Å²) in [6.07, 6.45) is 14.4. The molecule has 8 aliphatic carbocycles. The van der Waals surface area contributed by atoms with Crippen LogP contribution in [0.2, 0.25) is 0 Å². The van der Waals surface area contributed by atoms with Crippen LogP contribution in [0.1, 0.15) is 64.7 Å². The highest BCUT2D eigenvalue weighted by molar-refractivity contribution is 5.34. The van der Waals surface area contributed by atoms with Gasteiger partial charge in [-0.1, -0.05) is 11.1 Å². The first kappa shape index (κ1) is 13.9. The van der Waals surface area contributed by atoms with Crippen LogP contribution in [0.3, 0.4) is 0 Å². The molecule has 23 heavy (non-hydrogen) atoms. The van der Waals surface area contributed by atoms with Gasteiger partial charge >= 0.3 is 0 Å². The van der Waals surface area contributed by atoms with Crippen LogP contribution in [0.4, 0.5) is 0 Å². The van der Waals surface area contributed by atoms with Gasteiger partial charge in [0.05, 0.1) is 6.10 Å².